The molecule has 0 radical (unpaired) electrons. The predicted octanol–water partition coefficient (Wildman–Crippen LogP) is 1.34. The number of hydrogen-bond donors (Lipinski definition) is 1. The van der Waals surface area contributed by atoms with E-state index in [2.05, 4.69) is 26.3 Å². The lowest BCUT2D eigenvalue weighted by Gasteiger charge is -2.25. The zero-order valence-corrected chi connectivity index (χ0v) is 14.4. The third-order valence-corrected chi connectivity index (χ3v) is 4.85. The number of nitrogens with zero attached hydrogens (tertiary/aromatic N) is 4. The molecule has 0 bridgehead atoms. The van der Waals surface area contributed by atoms with Crippen molar-refractivity contribution < 1.29 is 4.74 Å². The number of pyridine rings is 1. The van der Waals surface area contributed by atoms with Gasteiger partial charge in [0.1, 0.15) is 5.82 Å². The van der Waals surface area contributed by atoms with Gasteiger partial charge in [0.05, 0.1) is 6.61 Å². The van der Waals surface area contributed by atoms with Crippen LogP contribution in [-0.4, -0.2) is 63.3 Å². The van der Waals surface area contributed by atoms with E-state index in [-0.39, 0.29) is 0 Å². The minimum Gasteiger partial charge on any atom is -0.381 e. The van der Waals surface area contributed by atoms with Crippen molar-refractivity contribution in [3.05, 3.63) is 23.9 Å². The largest absolute Gasteiger partial charge is 0.381 e. The van der Waals surface area contributed by atoms with E-state index < -0.39 is 0 Å². The summed E-state index contributed by atoms with van der Waals surface area (Å²) in [6, 6.07) is 4.15. The highest BCUT2D eigenvalue weighted by molar-refractivity contribution is 5.80. The van der Waals surface area contributed by atoms with Gasteiger partial charge in [-0.1, -0.05) is 0 Å². The Morgan fingerprint density at radius 3 is 3.04 bits per heavy atom. The monoisotopic (exact) mass is 317 g/mol. The Balaban J connectivity index is 1.59. The first kappa shape index (κ1) is 16.1. The van der Waals surface area contributed by atoms with Crippen molar-refractivity contribution in [2.45, 2.75) is 19.4 Å². The third-order valence-electron chi connectivity index (χ3n) is 4.85. The van der Waals surface area contributed by atoms with Crippen molar-refractivity contribution in [2.24, 2.45) is 10.4 Å². The molecular formula is C17H27N5O. The standard InChI is InChI=1S/C17H27N5O/c1-18-16(22-8-5-17(12-22)6-9-23-13-17)20-11-14-4-7-19-15(10-14)21(2)3/h4,7,10H,5-6,8-9,11-13H2,1-3H3,(H,18,20). The number of aliphatic imine (C=N–C) groups is 1. The summed E-state index contributed by atoms with van der Waals surface area (Å²) < 4.78 is 5.61. The van der Waals surface area contributed by atoms with Crippen LogP contribution in [0.3, 0.4) is 0 Å². The molecule has 6 heteroatoms. The second-order valence-corrected chi connectivity index (χ2v) is 6.79. The van der Waals surface area contributed by atoms with Gasteiger partial charge in [0.15, 0.2) is 5.96 Å². The molecule has 2 fully saturated rings. The van der Waals surface area contributed by atoms with Crippen LogP contribution in [0, 0.1) is 5.41 Å². The van der Waals surface area contributed by atoms with Gasteiger partial charge in [-0.2, -0.15) is 0 Å². The number of guanidine groups is 1. The van der Waals surface area contributed by atoms with Crippen LogP contribution in [0.25, 0.3) is 0 Å². The molecule has 1 aromatic rings. The maximum absolute atomic E-state index is 5.61. The van der Waals surface area contributed by atoms with Crippen LogP contribution in [0.4, 0.5) is 5.82 Å². The third kappa shape index (κ3) is 3.58. The van der Waals surface area contributed by atoms with Gasteiger partial charge in [0.2, 0.25) is 0 Å². The molecule has 1 spiro atoms. The summed E-state index contributed by atoms with van der Waals surface area (Å²) in [4.78, 5) is 13.2. The van der Waals surface area contributed by atoms with Crippen molar-refractivity contribution in [3.63, 3.8) is 0 Å². The van der Waals surface area contributed by atoms with Gasteiger partial charge in [-0.25, -0.2) is 4.98 Å². The Labute approximate surface area is 138 Å². The Bertz CT molecular complexity index is 566. The van der Waals surface area contributed by atoms with E-state index in [9.17, 15) is 0 Å². The Morgan fingerprint density at radius 1 is 1.48 bits per heavy atom. The molecule has 1 aromatic heterocycles. The number of nitrogens with one attached hydrogen (secondary N) is 1. The van der Waals surface area contributed by atoms with E-state index in [4.69, 9.17) is 4.74 Å². The maximum atomic E-state index is 5.61. The molecule has 0 amide bonds. The number of rotatable bonds is 3. The van der Waals surface area contributed by atoms with Crippen LogP contribution < -0.4 is 10.2 Å². The normalized spacial score (nSPS) is 24.5. The quantitative estimate of drug-likeness (QED) is 0.673. The first-order chi connectivity index (χ1) is 11.1. The first-order valence-electron chi connectivity index (χ1n) is 8.27. The molecule has 0 aromatic carbocycles. The maximum Gasteiger partial charge on any atom is 0.193 e. The van der Waals surface area contributed by atoms with Gasteiger partial charge in [-0.05, 0) is 30.5 Å². The number of aromatic nitrogens is 1. The van der Waals surface area contributed by atoms with Gasteiger partial charge in [0, 0.05) is 59.0 Å². The molecule has 1 atom stereocenters. The average Bonchev–Trinajstić information content (AvgIpc) is 3.19. The van der Waals surface area contributed by atoms with E-state index >= 15 is 0 Å². The lowest BCUT2D eigenvalue weighted by molar-refractivity contribution is 0.156. The molecule has 3 rings (SSSR count). The molecule has 2 aliphatic heterocycles. The predicted molar refractivity (Wildman–Crippen MR) is 92.8 cm³/mol. The summed E-state index contributed by atoms with van der Waals surface area (Å²) in [5, 5.41) is 3.49. The van der Waals surface area contributed by atoms with Crippen molar-refractivity contribution in [1.82, 2.24) is 15.2 Å². The van der Waals surface area contributed by atoms with E-state index in [1.807, 2.05) is 38.3 Å². The molecule has 0 saturated carbocycles. The summed E-state index contributed by atoms with van der Waals surface area (Å²) in [7, 11) is 5.87. The summed E-state index contributed by atoms with van der Waals surface area (Å²) in [6.45, 7) is 4.67. The lowest BCUT2D eigenvalue weighted by Crippen LogP contribution is -2.41. The summed E-state index contributed by atoms with van der Waals surface area (Å²) in [5.41, 5.74) is 1.56. The van der Waals surface area contributed by atoms with Gasteiger partial charge < -0.3 is 19.9 Å². The molecule has 0 aliphatic carbocycles. The highest BCUT2D eigenvalue weighted by atomic mass is 16.5. The smallest absolute Gasteiger partial charge is 0.193 e. The van der Waals surface area contributed by atoms with Crippen LogP contribution in [0.5, 0.6) is 0 Å². The zero-order chi connectivity index (χ0) is 16.3. The van der Waals surface area contributed by atoms with Gasteiger partial charge in [-0.15, -0.1) is 0 Å². The van der Waals surface area contributed by atoms with Crippen LogP contribution in [0.1, 0.15) is 18.4 Å². The summed E-state index contributed by atoms with van der Waals surface area (Å²) in [6.07, 6.45) is 4.24. The molecule has 1 unspecified atom stereocenters. The van der Waals surface area contributed by atoms with Crippen LogP contribution in [0.2, 0.25) is 0 Å². The highest BCUT2D eigenvalue weighted by Crippen LogP contribution is 2.38. The Morgan fingerprint density at radius 2 is 2.35 bits per heavy atom. The SMILES string of the molecule is CN=C(NCc1ccnc(N(C)C)c1)N1CCC2(CCOC2)C1. The molecule has 126 valence electrons. The molecule has 6 nitrogen and oxygen atoms in total. The van der Waals surface area contributed by atoms with Crippen LogP contribution >= 0.6 is 0 Å². The average molecular weight is 317 g/mol. The van der Waals surface area contributed by atoms with Crippen LogP contribution in [0.15, 0.2) is 23.3 Å². The number of hydrogen-bond acceptors (Lipinski definition) is 4. The second-order valence-electron chi connectivity index (χ2n) is 6.79. The van der Waals surface area contributed by atoms with Crippen molar-refractivity contribution in [2.75, 3.05) is 52.3 Å². The second kappa shape index (κ2) is 6.74. The topological polar surface area (TPSA) is 53.0 Å². The van der Waals surface area contributed by atoms with Crippen molar-refractivity contribution >= 4 is 11.8 Å². The van der Waals surface area contributed by atoms with E-state index in [0.717, 1.165) is 44.6 Å². The molecule has 3 heterocycles. The number of likely N-dealkylation sites (tertiary alicyclic amines) is 1. The molecular weight excluding hydrogens is 290 g/mol. The van der Waals surface area contributed by atoms with E-state index in [0.29, 0.717) is 5.41 Å². The molecule has 2 saturated heterocycles. The fourth-order valence-electron chi connectivity index (χ4n) is 3.42. The Hall–Kier alpha value is -1.82. The molecule has 2 aliphatic rings. The van der Waals surface area contributed by atoms with E-state index in [1.54, 1.807) is 0 Å². The minimum atomic E-state index is 0.354. The fourth-order valence-corrected chi connectivity index (χ4v) is 3.42. The molecule has 1 N–H and O–H groups in total. The fraction of sp³-hybridized carbons (Fsp3) is 0.647. The minimum absolute atomic E-state index is 0.354. The molecule has 23 heavy (non-hydrogen) atoms. The van der Waals surface area contributed by atoms with Crippen molar-refractivity contribution in [1.29, 1.82) is 0 Å². The van der Waals surface area contributed by atoms with Gasteiger partial charge >= 0.3 is 0 Å². The first-order valence-corrected chi connectivity index (χ1v) is 8.27. The van der Waals surface area contributed by atoms with E-state index in [1.165, 1.54) is 18.4 Å². The van der Waals surface area contributed by atoms with Gasteiger partial charge in [0.25, 0.3) is 0 Å². The number of ether oxygens (including phenoxy) is 1. The highest BCUT2D eigenvalue weighted by Gasteiger charge is 2.42. The van der Waals surface area contributed by atoms with Gasteiger partial charge in [-0.3, -0.25) is 4.99 Å². The van der Waals surface area contributed by atoms with Crippen LogP contribution in [-0.2, 0) is 11.3 Å². The zero-order valence-electron chi connectivity index (χ0n) is 14.4. The summed E-state index contributed by atoms with van der Waals surface area (Å²) >= 11 is 0. The Kier molecular flexibility index (Phi) is 4.71. The summed E-state index contributed by atoms with van der Waals surface area (Å²) in [5.74, 6) is 1.96. The number of anilines is 1. The van der Waals surface area contributed by atoms with Crippen molar-refractivity contribution in [3.8, 4) is 0 Å². The lowest BCUT2D eigenvalue weighted by atomic mass is 9.87.